The third-order valence-electron chi connectivity index (χ3n) is 5.17. The van der Waals surface area contributed by atoms with Crippen molar-refractivity contribution in [3.05, 3.63) is 35.4 Å². The van der Waals surface area contributed by atoms with Crippen LogP contribution in [0.2, 0.25) is 0 Å². The van der Waals surface area contributed by atoms with Crippen LogP contribution in [-0.2, 0) is 11.3 Å². The lowest BCUT2D eigenvalue weighted by atomic mass is 9.91. The van der Waals surface area contributed by atoms with E-state index in [1.54, 1.807) is 7.11 Å². The summed E-state index contributed by atoms with van der Waals surface area (Å²) >= 11 is 0. The number of halogens is 1. The van der Waals surface area contributed by atoms with Gasteiger partial charge in [-0.3, -0.25) is 4.79 Å². The maximum Gasteiger partial charge on any atom is 0.253 e. The zero-order valence-electron chi connectivity index (χ0n) is 16.2. The van der Waals surface area contributed by atoms with E-state index in [4.69, 9.17) is 10.5 Å². The van der Waals surface area contributed by atoms with Crippen molar-refractivity contribution in [2.45, 2.75) is 32.2 Å². The van der Waals surface area contributed by atoms with Crippen LogP contribution < -0.4 is 5.73 Å². The molecule has 1 aromatic rings. The number of ether oxygens (including phenoxy) is 1. The van der Waals surface area contributed by atoms with Gasteiger partial charge in [0, 0.05) is 38.9 Å². The molecule has 0 unspecified atom stereocenters. The van der Waals surface area contributed by atoms with Crippen LogP contribution >= 0.6 is 12.4 Å². The van der Waals surface area contributed by atoms with Crippen LogP contribution in [-0.4, -0.2) is 62.7 Å². The number of rotatable bonds is 9. The zero-order valence-corrected chi connectivity index (χ0v) is 17.0. The highest BCUT2D eigenvalue weighted by Gasteiger charge is 2.23. The highest BCUT2D eigenvalue weighted by Crippen LogP contribution is 2.23. The average molecular weight is 384 g/mol. The largest absolute Gasteiger partial charge is 0.383 e. The van der Waals surface area contributed by atoms with Crippen molar-refractivity contribution in [2.24, 2.45) is 11.7 Å². The first-order valence-corrected chi connectivity index (χ1v) is 9.39. The van der Waals surface area contributed by atoms with Gasteiger partial charge in [0.25, 0.3) is 5.91 Å². The summed E-state index contributed by atoms with van der Waals surface area (Å²) in [5.41, 5.74) is 7.45. The Morgan fingerprint density at radius 2 is 1.88 bits per heavy atom. The summed E-state index contributed by atoms with van der Waals surface area (Å²) in [7, 11) is 3.89. The van der Waals surface area contributed by atoms with E-state index in [9.17, 15) is 4.79 Å². The van der Waals surface area contributed by atoms with E-state index < -0.39 is 0 Å². The van der Waals surface area contributed by atoms with Gasteiger partial charge in [0.1, 0.15) is 0 Å². The van der Waals surface area contributed by atoms with Crippen LogP contribution in [0.1, 0.15) is 41.6 Å². The first kappa shape index (κ1) is 22.9. The number of likely N-dealkylation sites (N-methyl/N-ethyl adjacent to an activating group) is 1. The van der Waals surface area contributed by atoms with Gasteiger partial charge in [-0.2, -0.15) is 0 Å². The second-order valence-corrected chi connectivity index (χ2v) is 7.07. The Morgan fingerprint density at radius 3 is 2.46 bits per heavy atom. The van der Waals surface area contributed by atoms with Crippen LogP contribution in [0.25, 0.3) is 0 Å². The number of piperidine rings is 1. The van der Waals surface area contributed by atoms with Gasteiger partial charge in [0.15, 0.2) is 0 Å². The highest BCUT2D eigenvalue weighted by molar-refractivity contribution is 5.94. The number of benzene rings is 1. The minimum absolute atomic E-state index is 0. The molecule has 0 aromatic heterocycles. The Bertz CT molecular complexity index is 516. The minimum Gasteiger partial charge on any atom is -0.383 e. The molecule has 1 saturated heterocycles. The van der Waals surface area contributed by atoms with Gasteiger partial charge in [0.05, 0.1) is 6.61 Å². The Balaban J connectivity index is 0.00000338. The standard InChI is InChI=1S/C20H33N3O2.ClH/c1-22(14-15-25-2)11-3-4-17-9-12-23(13-10-17)20(24)19-7-5-18(16-21)6-8-19;/h5-8,17H,3-4,9-16,21H2,1-2H3;1H. The number of nitrogens with zero attached hydrogens (tertiary/aromatic N) is 2. The number of carbonyl (C=O) groups excluding carboxylic acids is 1. The number of nitrogens with two attached hydrogens (primary N) is 1. The van der Waals surface area contributed by atoms with Gasteiger partial charge in [-0.15, -0.1) is 12.4 Å². The fourth-order valence-electron chi connectivity index (χ4n) is 3.40. The molecule has 148 valence electrons. The summed E-state index contributed by atoms with van der Waals surface area (Å²) < 4.78 is 5.11. The van der Waals surface area contributed by atoms with E-state index in [2.05, 4.69) is 11.9 Å². The van der Waals surface area contributed by atoms with Crippen LogP contribution in [0.5, 0.6) is 0 Å². The number of hydrogen-bond donors (Lipinski definition) is 1. The van der Waals surface area contributed by atoms with Gasteiger partial charge < -0.3 is 20.3 Å². The second kappa shape index (κ2) is 12.3. The molecule has 5 nitrogen and oxygen atoms in total. The number of methoxy groups -OCH3 is 1. The lowest BCUT2D eigenvalue weighted by molar-refractivity contribution is 0.0684. The molecule has 0 spiro atoms. The van der Waals surface area contributed by atoms with Gasteiger partial charge in [-0.25, -0.2) is 0 Å². The highest BCUT2D eigenvalue weighted by atomic mass is 35.5. The van der Waals surface area contributed by atoms with Crippen molar-refractivity contribution in [2.75, 3.05) is 46.9 Å². The van der Waals surface area contributed by atoms with Gasteiger partial charge in [-0.05, 0) is 62.9 Å². The van der Waals surface area contributed by atoms with Crippen molar-refractivity contribution in [3.63, 3.8) is 0 Å². The molecule has 0 bridgehead atoms. The quantitative estimate of drug-likeness (QED) is 0.712. The summed E-state index contributed by atoms with van der Waals surface area (Å²) in [5.74, 6) is 0.904. The van der Waals surface area contributed by atoms with Crippen LogP contribution in [0.4, 0.5) is 0 Å². The Morgan fingerprint density at radius 1 is 1.23 bits per heavy atom. The molecule has 1 aliphatic heterocycles. The van der Waals surface area contributed by atoms with Crippen molar-refractivity contribution in [1.82, 2.24) is 9.80 Å². The van der Waals surface area contributed by atoms with Crippen LogP contribution in [0.15, 0.2) is 24.3 Å². The topological polar surface area (TPSA) is 58.8 Å². The van der Waals surface area contributed by atoms with E-state index in [1.807, 2.05) is 29.2 Å². The molecule has 1 amide bonds. The van der Waals surface area contributed by atoms with E-state index in [1.165, 1.54) is 12.8 Å². The average Bonchev–Trinajstić information content (AvgIpc) is 2.66. The SMILES string of the molecule is COCCN(C)CCCC1CCN(C(=O)c2ccc(CN)cc2)CC1.Cl. The van der Waals surface area contributed by atoms with Crippen molar-refractivity contribution >= 4 is 18.3 Å². The predicted octanol–water partition coefficient (Wildman–Crippen LogP) is 2.78. The number of likely N-dealkylation sites (tertiary alicyclic amines) is 1. The smallest absolute Gasteiger partial charge is 0.253 e. The maximum absolute atomic E-state index is 12.6. The molecule has 0 atom stereocenters. The molecule has 0 radical (unpaired) electrons. The monoisotopic (exact) mass is 383 g/mol. The van der Waals surface area contributed by atoms with Crippen molar-refractivity contribution in [1.29, 1.82) is 0 Å². The molecule has 1 aromatic carbocycles. The molecular formula is C20H34ClN3O2. The second-order valence-electron chi connectivity index (χ2n) is 7.07. The third-order valence-corrected chi connectivity index (χ3v) is 5.17. The van der Waals surface area contributed by atoms with Crippen molar-refractivity contribution in [3.8, 4) is 0 Å². The lowest BCUT2D eigenvalue weighted by Crippen LogP contribution is -2.38. The predicted molar refractivity (Wildman–Crippen MR) is 109 cm³/mol. The number of hydrogen-bond acceptors (Lipinski definition) is 4. The minimum atomic E-state index is 0. The summed E-state index contributed by atoms with van der Waals surface area (Å²) in [4.78, 5) is 16.9. The zero-order chi connectivity index (χ0) is 18.1. The normalized spacial score (nSPS) is 15.2. The lowest BCUT2D eigenvalue weighted by Gasteiger charge is -2.32. The molecular weight excluding hydrogens is 350 g/mol. The van der Waals surface area contributed by atoms with E-state index in [-0.39, 0.29) is 18.3 Å². The first-order chi connectivity index (χ1) is 12.1. The van der Waals surface area contributed by atoms with Crippen LogP contribution in [0.3, 0.4) is 0 Å². The van der Waals surface area contributed by atoms with E-state index >= 15 is 0 Å². The Hall–Kier alpha value is -1.14. The summed E-state index contributed by atoms with van der Waals surface area (Å²) in [6, 6.07) is 7.68. The third kappa shape index (κ3) is 7.23. The molecule has 1 fully saturated rings. The van der Waals surface area contributed by atoms with Crippen molar-refractivity contribution < 1.29 is 9.53 Å². The van der Waals surface area contributed by atoms with E-state index in [0.717, 1.165) is 62.7 Å². The molecule has 6 heteroatoms. The summed E-state index contributed by atoms with van der Waals surface area (Å²) in [6.45, 7) is 5.18. The van der Waals surface area contributed by atoms with Crippen LogP contribution in [0, 0.1) is 5.92 Å². The Labute approximate surface area is 164 Å². The number of amides is 1. The maximum atomic E-state index is 12.6. The molecule has 0 aliphatic carbocycles. The fourth-order valence-corrected chi connectivity index (χ4v) is 3.40. The Kier molecular flexibility index (Phi) is 10.8. The van der Waals surface area contributed by atoms with E-state index in [0.29, 0.717) is 6.54 Å². The fraction of sp³-hybridized carbons (Fsp3) is 0.650. The molecule has 1 heterocycles. The summed E-state index contributed by atoms with van der Waals surface area (Å²) in [6.07, 6.45) is 4.72. The molecule has 1 aliphatic rings. The van der Waals surface area contributed by atoms with Gasteiger partial charge in [0.2, 0.25) is 0 Å². The first-order valence-electron chi connectivity index (χ1n) is 9.39. The van der Waals surface area contributed by atoms with Gasteiger partial charge >= 0.3 is 0 Å². The molecule has 26 heavy (non-hydrogen) atoms. The summed E-state index contributed by atoms with van der Waals surface area (Å²) in [5, 5.41) is 0. The molecule has 2 N–H and O–H groups in total. The number of carbonyl (C=O) groups is 1. The van der Waals surface area contributed by atoms with Gasteiger partial charge in [-0.1, -0.05) is 12.1 Å². The molecule has 2 rings (SSSR count). The molecule has 0 saturated carbocycles.